The van der Waals surface area contributed by atoms with E-state index >= 15 is 0 Å². The predicted molar refractivity (Wildman–Crippen MR) is 98.5 cm³/mol. The van der Waals surface area contributed by atoms with Crippen molar-refractivity contribution in [3.05, 3.63) is 64.2 Å². The van der Waals surface area contributed by atoms with Crippen LogP contribution < -0.4 is 11.1 Å². The maximum Gasteiger partial charge on any atom is 0.433 e. The van der Waals surface area contributed by atoms with Crippen molar-refractivity contribution < 1.29 is 13.2 Å². The van der Waals surface area contributed by atoms with Crippen LogP contribution in [0.3, 0.4) is 0 Å². The molecule has 0 spiro atoms. The first-order valence-electron chi connectivity index (χ1n) is 7.57. The maximum atomic E-state index is 12.8. The Hall–Kier alpha value is -2.58. The van der Waals surface area contributed by atoms with Gasteiger partial charge in [0, 0.05) is 35.8 Å². The van der Waals surface area contributed by atoms with Gasteiger partial charge in [0.25, 0.3) is 0 Å². The van der Waals surface area contributed by atoms with Crippen molar-refractivity contribution in [3.63, 3.8) is 0 Å². The van der Waals surface area contributed by atoms with Gasteiger partial charge >= 0.3 is 6.18 Å². The Morgan fingerprint density at radius 3 is 2.37 bits per heavy atom. The second-order valence-electron chi connectivity index (χ2n) is 5.57. The SMILES string of the molecule is Nc1cc(-c2ncc(CNc3cc(Cl)nc(C(F)(F)F)c3)cn2)ccc1Cl. The smallest absolute Gasteiger partial charge is 0.398 e. The van der Waals surface area contributed by atoms with Crippen molar-refractivity contribution in [1.82, 2.24) is 15.0 Å². The minimum atomic E-state index is -4.58. The van der Waals surface area contributed by atoms with Gasteiger partial charge in [0.15, 0.2) is 5.82 Å². The second kappa shape index (κ2) is 7.58. The first kappa shape index (κ1) is 19.2. The van der Waals surface area contributed by atoms with Gasteiger partial charge in [-0.05, 0) is 30.3 Å². The van der Waals surface area contributed by atoms with Crippen molar-refractivity contribution in [2.45, 2.75) is 12.7 Å². The summed E-state index contributed by atoms with van der Waals surface area (Å²) in [7, 11) is 0. The van der Waals surface area contributed by atoms with E-state index in [0.29, 0.717) is 27.7 Å². The quantitative estimate of drug-likeness (QED) is 0.461. The third kappa shape index (κ3) is 4.78. The van der Waals surface area contributed by atoms with Gasteiger partial charge in [-0.1, -0.05) is 23.2 Å². The Labute approximate surface area is 162 Å². The lowest BCUT2D eigenvalue weighted by Gasteiger charge is -2.11. The molecule has 3 rings (SSSR count). The molecular weight excluding hydrogens is 402 g/mol. The molecule has 5 nitrogen and oxygen atoms in total. The summed E-state index contributed by atoms with van der Waals surface area (Å²) in [5.74, 6) is 0.452. The van der Waals surface area contributed by atoms with Crippen LogP contribution >= 0.6 is 23.2 Å². The minimum absolute atomic E-state index is 0.192. The molecule has 27 heavy (non-hydrogen) atoms. The average Bonchev–Trinajstić information content (AvgIpc) is 2.62. The third-order valence-electron chi connectivity index (χ3n) is 3.54. The molecule has 0 radical (unpaired) electrons. The molecule has 0 atom stereocenters. The lowest BCUT2D eigenvalue weighted by Crippen LogP contribution is -2.09. The first-order valence-corrected chi connectivity index (χ1v) is 8.33. The average molecular weight is 414 g/mol. The summed E-state index contributed by atoms with van der Waals surface area (Å²) in [6.07, 6.45) is -1.45. The zero-order valence-corrected chi connectivity index (χ0v) is 15.1. The number of anilines is 2. The number of nitrogens with one attached hydrogen (secondary N) is 1. The summed E-state index contributed by atoms with van der Waals surface area (Å²) >= 11 is 11.5. The standard InChI is InChI=1S/C17H12Cl2F3N5/c18-12-2-1-10(3-13(12)23)16-25-7-9(8-26-16)6-24-11-4-14(17(20,21)22)27-15(19)5-11/h1-5,7-8H,6,23H2,(H,24,27). The van der Waals surface area contributed by atoms with E-state index < -0.39 is 11.9 Å². The zero-order valence-electron chi connectivity index (χ0n) is 13.6. The monoisotopic (exact) mass is 413 g/mol. The maximum absolute atomic E-state index is 12.8. The molecule has 0 saturated heterocycles. The fourth-order valence-corrected chi connectivity index (χ4v) is 2.55. The van der Waals surface area contributed by atoms with Crippen LogP contribution in [0.4, 0.5) is 24.5 Å². The summed E-state index contributed by atoms with van der Waals surface area (Å²) in [6.45, 7) is 0.209. The number of alkyl halides is 3. The van der Waals surface area contributed by atoms with Crippen LogP contribution in [0.2, 0.25) is 10.2 Å². The van der Waals surface area contributed by atoms with E-state index in [1.165, 1.54) is 6.07 Å². The molecule has 3 N–H and O–H groups in total. The Balaban J connectivity index is 1.72. The van der Waals surface area contributed by atoms with E-state index in [9.17, 15) is 13.2 Å². The summed E-state index contributed by atoms with van der Waals surface area (Å²) in [5, 5.41) is 3.04. The second-order valence-corrected chi connectivity index (χ2v) is 6.36. The van der Waals surface area contributed by atoms with E-state index in [2.05, 4.69) is 20.3 Å². The highest BCUT2D eigenvalue weighted by Gasteiger charge is 2.33. The van der Waals surface area contributed by atoms with Gasteiger partial charge in [-0.15, -0.1) is 0 Å². The van der Waals surface area contributed by atoms with Crippen molar-refractivity contribution >= 4 is 34.6 Å². The number of rotatable bonds is 4. The summed E-state index contributed by atoms with van der Waals surface area (Å²) in [6, 6.07) is 7.24. The Morgan fingerprint density at radius 1 is 1.04 bits per heavy atom. The number of hydrogen-bond acceptors (Lipinski definition) is 5. The molecule has 0 fully saturated rings. The van der Waals surface area contributed by atoms with E-state index in [1.54, 1.807) is 30.6 Å². The highest BCUT2D eigenvalue weighted by molar-refractivity contribution is 6.33. The number of nitrogens with two attached hydrogens (primary N) is 1. The van der Waals surface area contributed by atoms with Crippen molar-refractivity contribution in [3.8, 4) is 11.4 Å². The number of benzene rings is 1. The normalized spacial score (nSPS) is 11.4. The summed E-state index contributed by atoms with van der Waals surface area (Å²) in [4.78, 5) is 11.8. The van der Waals surface area contributed by atoms with Crippen LogP contribution in [0.25, 0.3) is 11.4 Å². The number of pyridine rings is 1. The van der Waals surface area contributed by atoms with E-state index in [1.807, 2.05) is 0 Å². The van der Waals surface area contributed by atoms with E-state index in [0.717, 1.165) is 6.07 Å². The zero-order chi connectivity index (χ0) is 19.6. The van der Waals surface area contributed by atoms with Gasteiger partial charge < -0.3 is 11.1 Å². The first-order chi connectivity index (χ1) is 12.7. The molecule has 0 saturated carbocycles. The molecule has 140 valence electrons. The number of hydrogen-bond donors (Lipinski definition) is 2. The fraction of sp³-hybridized carbons (Fsp3) is 0.118. The van der Waals surface area contributed by atoms with Crippen LogP contribution in [0.15, 0.2) is 42.7 Å². The lowest BCUT2D eigenvalue weighted by atomic mass is 10.2. The predicted octanol–water partition coefficient (Wildman–Crippen LogP) is 5.06. The van der Waals surface area contributed by atoms with Crippen molar-refractivity contribution in [2.75, 3.05) is 11.1 Å². The van der Waals surface area contributed by atoms with Crippen molar-refractivity contribution in [1.29, 1.82) is 0 Å². The molecule has 0 aliphatic heterocycles. The number of nitrogens with zero attached hydrogens (tertiary/aromatic N) is 3. The highest BCUT2D eigenvalue weighted by Crippen LogP contribution is 2.31. The molecule has 2 aromatic heterocycles. The van der Waals surface area contributed by atoms with E-state index in [-0.39, 0.29) is 17.4 Å². The molecule has 0 aliphatic rings. The van der Waals surface area contributed by atoms with Gasteiger partial charge in [-0.25, -0.2) is 15.0 Å². The van der Waals surface area contributed by atoms with Gasteiger partial charge in [0.2, 0.25) is 0 Å². The lowest BCUT2D eigenvalue weighted by molar-refractivity contribution is -0.141. The number of aromatic nitrogens is 3. The molecule has 0 unspecified atom stereocenters. The molecule has 1 aromatic carbocycles. The summed E-state index contributed by atoms with van der Waals surface area (Å²) < 4.78 is 38.4. The van der Waals surface area contributed by atoms with Crippen molar-refractivity contribution in [2.24, 2.45) is 0 Å². The van der Waals surface area contributed by atoms with Gasteiger partial charge in [0.05, 0.1) is 10.7 Å². The van der Waals surface area contributed by atoms with Gasteiger partial charge in [-0.3, -0.25) is 0 Å². The molecular formula is C17H12Cl2F3N5. The molecule has 2 heterocycles. The number of nitrogen functional groups attached to an aromatic ring is 1. The Kier molecular flexibility index (Phi) is 5.38. The number of halogens is 5. The van der Waals surface area contributed by atoms with Crippen LogP contribution in [0, 0.1) is 0 Å². The molecule has 3 aromatic rings. The van der Waals surface area contributed by atoms with Crippen LogP contribution in [0.1, 0.15) is 11.3 Å². The molecule has 0 aliphatic carbocycles. The van der Waals surface area contributed by atoms with Crippen LogP contribution in [-0.2, 0) is 12.7 Å². The van der Waals surface area contributed by atoms with Crippen LogP contribution in [0.5, 0.6) is 0 Å². The molecule has 0 bridgehead atoms. The largest absolute Gasteiger partial charge is 0.433 e. The molecule has 10 heteroatoms. The fourth-order valence-electron chi connectivity index (χ4n) is 2.23. The summed E-state index contributed by atoms with van der Waals surface area (Å²) in [5.41, 5.74) is 6.67. The highest BCUT2D eigenvalue weighted by atomic mass is 35.5. The topological polar surface area (TPSA) is 76.7 Å². The van der Waals surface area contributed by atoms with Crippen LogP contribution in [-0.4, -0.2) is 15.0 Å². The third-order valence-corrected chi connectivity index (χ3v) is 4.08. The Morgan fingerprint density at radius 2 is 1.74 bits per heavy atom. The van der Waals surface area contributed by atoms with Gasteiger partial charge in [-0.2, -0.15) is 13.2 Å². The van der Waals surface area contributed by atoms with Gasteiger partial charge in [0.1, 0.15) is 10.8 Å². The Bertz CT molecular complexity index is 962. The minimum Gasteiger partial charge on any atom is -0.398 e. The van der Waals surface area contributed by atoms with E-state index in [4.69, 9.17) is 28.9 Å². The molecule has 0 amide bonds.